The number of nitrogens with zero attached hydrogens (tertiary/aromatic N) is 2. The van der Waals surface area contributed by atoms with E-state index in [2.05, 4.69) is 15.2 Å². The Hall–Kier alpha value is -1.62. The summed E-state index contributed by atoms with van der Waals surface area (Å²) in [5.41, 5.74) is 2.21. The topological polar surface area (TPSA) is 65.5 Å². The molecule has 0 unspecified atom stereocenters. The molecule has 4 rings (SSSR count). The number of aliphatic hydroxyl groups excluding tert-OH is 1. The van der Waals surface area contributed by atoms with Gasteiger partial charge in [-0.1, -0.05) is 0 Å². The third-order valence-corrected chi connectivity index (χ3v) is 4.73. The predicted octanol–water partition coefficient (Wildman–Crippen LogP) is 0.948. The number of carbonyl (C=O) groups excluding carboxylic acids is 1. The van der Waals surface area contributed by atoms with Gasteiger partial charge in [0.05, 0.1) is 12.3 Å². The molecule has 2 fully saturated rings. The average molecular weight is 259 g/mol. The van der Waals surface area contributed by atoms with Crippen LogP contribution < -0.4 is 10.2 Å². The van der Waals surface area contributed by atoms with E-state index in [0.29, 0.717) is 29.9 Å². The van der Waals surface area contributed by atoms with E-state index in [-0.39, 0.29) is 12.5 Å². The molecule has 100 valence electrons. The van der Waals surface area contributed by atoms with Gasteiger partial charge in [-0.2, -0.15) is 0 Å². The molecule has 1 amide bonds. The van der Waals surface area contributed by atoms with E-state index in [1.54, 1.807) is 0 Å². The molecule has 19 heavy (non-hydrogen) atoms. The quantitative estimate of drug-likeness (QED) is 0.830. The number of anilines is 1. The molecule has 2 N–H and O–H groups in total. The van der Waals surface area contributed by atoms with Crippen LogP contribution >= 0.6 is 0 Å². The van der Waals surface area contributed by atoms with Gasteiger partial charge < -0.3 is 15.3 Å². The number of amides is 1. The lowest BCUT2D eigenvalue weighted by Gasteiger charge is -2.24. The Balaban J connectivity index is 1.81. The summed E-state index contributed by atoms with van der Waals surface area (Å²) in [6.45, 7) is 0.387. The summed E-state index contributed by atoms with van der Waals surface area (Å²) < 4.78 is 0. The first-order valence-corrected chi connectivity index (χ1v) is 6.98. The fourth-order valence-corrected chi connectivity index (χ4v) is 3.82. The number of aromatic nitrogens is 1. The van der Waals surface area contributed by atoms with E-state index in [4.69, 9.17) is 0 Å². The highest BCUT2D eigenvalue weighted by atomic mass is 16.3. The lowest BCUT2D eigenvalue weighted by atomic mass is 10.0. The van der Waals surface area contributed by atoms with Crippen LogP contribution in [0, 0.1) is 0 Å². The van der Waals surface area contributed by atoms with Crippen molar-refractivity contribution in [3.63, 3.8) is 0 Å². The number of pyridine rings is 1. The van der Waals surface area contributed by atoms with Crippen LogP contribution in [0.15, 0.2) is 6.07 Å². The zero-order valence-corrected chi connectivity index (χ0v) is 10.7. The number of hydrogen-bond acceptors (Lipinski definition) is 4. The molecule has 3 aliphatic heterocycles. The Morgan fingerprint density at radius 3 is 2.63 bits per heavy atom. The number of carbonyl (C=O) groups is 1. The van der Waals surface area contributed by atoms with Gasteiger partial charge in [0.25, 0.3) is 5.91 Å². The summed E-state index contributed by atoms with van der Waals surface area (Å²) in [6, 6.07) is 3.06. The first-order valence-electron chi connectivity index (χ1n) is 6.98. The first-order chi connectivity index (χ1) is 9.28. The summed E-state index contributed by atoms with van der Waals surface area (Å²) in [5.74, 6) is 0.838. The van der Waals surface area contributed by atoms with Crippen LogP contribution in [0.25, 0.3) is 0 Å². The van der Waals surface area contributed by atoms with Gasteiger partial charge >= 0.3 is 0 Å². The van der Waals surface area contributed by atoms with E-state index in [0.717, 1.165) is 11.4 Å². The normalized spacial score (nSPS) is 27.8. The van der Waals surface area contributed by atoms with Crippen molar-refractivity contribution in [2.24, 2.45) is 0 Å². The van der Waals surface area contributed by atoms with Crippen molar-refractivity contribution in [2.45, 2.75) is 50.9 Å². The van der Waals surface area contributed by atoms with Crippen LogP contribution in [0.5, 0.6) is 0 Å². The van der Waals surface area contributed by atoms with Crippen molar-refractivity contribution in [3.05, 3.63) is 22.9 Å². The van der Waals surface area contributed by atoms with Gasteiger partial charge in [0.15, 0.2) is 0 Å². The van der Waals surface area contributed by atoms with Crippen LogP contribution in [0.1, 0.15) is 47.3 Å². The van der Waals surface area contributed by atoms with Gasteiger partial charge in [-0.25, -0.2) is 4.98 Å². The maximum absolute atomic E-state index is 11.8. The second-order valence-electron chi connectivity index (χ2n) is 5.66. The largest absolute Gasteiger partial charge is 0.390 e. The van der Waals surface area contributed by atoms with E-state index in [1.807, 2.05) is 6.07 Å². The number of fused-ring (bicyclic) bond motifs is 3. The molecule has 0 saturated carbocycles. The minimum absolute atomic E-state index is 0.0418. The van der Waals surface area contributed by atoms with Gasteiger partial charge in [-0.15, -0.1) is 0 Å². The fourth-order valence-electron chi connectivity index (χ4n) is 3.82. The molecule has 0 aromatic carbocycles. The third-order valence-electron chi connectivity index (χ3n) is 4.73. The van der Waals surface area contributed by atoms with E-state index < -0.39 is 0 Å². The highest BCUT2D eigenvalue weighted by Gasteiger charge is 2.40. The second kappa shape index (κ2) is 3.93. The van der Waals surface area contributed by atoms with E-state index in [1.165, 1.54) is 25.7 Å². The summed E-state index contributed by atoms with van der Waals surface area (Å²) in [7, 11) is 0. The smallest absolute Gasteiger partial charge is 0.252 e. The van der Waals surface area contributed by atoms with E-state index in [9.17, 15) is 9.90 Å². The SMILES string of the molecule is O=C1NCc2c1cc(N1C3CCC1CC3)nc2CO. The van der Waals surface area contributed by atoms with Crippen molar-refractivity contribution in [3.8, 4) is 0 Å². The molecule has 3 aliphatic rings. The standard InChI is InChI=1S/C14H17N3O2/c18-7-12-11-6-15-14(19)10(11)5-13(16-12)17-8-1-2-9(17)4-3-8/h5,8-9,18H,1-4,6-7H2,(H,15,19). The van der Waals surface area contributed by atoms with Crippen LogP contribution in [0.3, 0.4) is 0 Å². The zero-order valence-electron chi connectivity index (χ0n) is 10.7. The maximum Gasteiger partial charge on any atom is 0.252 e. The average Bonchev–Trinajstić information content (AvgIpc) is 3.12. The minimum Gasteiger partial charge on any atom is -0.390 e. The van der Waals surface area contributed by atoms with Gasteiger partial charge in [0.1, 0.15) is 5.82 Å². The highest BCUT2D eigenvalue weighted by molar-refractivity contribution is 5.99. The molecule has 0 atom stereocenters. The lowest BCUT2D eigenvalue weighted by molar-refractivity contribution is 0.0965. The van der Waals surface area contributed by atoms with Crippen LogP contribution in [-0.2, 0) is 13.2 Å². The van der Waals surface area contributed by atoms with Gasteiger partial charge in [-0.05, 0) is 31.7 Å². The highest BCUT2D eigenvalue weighted by Crippen LogP contribution is 2.41. The molecule has 0 spiro atoms. The number of hydrogen-bond donors (Lipinski definition) is 2. The van der Waals surface area contributed by atoms with Crippen molar-refractivity contribution in [1.29, 1.82) is 0 Å². The molecule has 1 aromatic rings. The van der Waals surface area contributed by atoms with Gasteiger partial charge in [0, 0.05) is 29.8 Å². The first kappa shape index (κ1) is 11.2. The maximum atomic E-state index is 11.8. The zero-order chi connectivity index (χ0) is 13.0. The molecule has 0 radical (unpaired) electrons. The fraction of sp³-hybridized carbons (Fsp3) is 0.571. The lowest BCUT2D eigenvalue weighted by Crippen LogP contribution is -2.29. The van der Waals surface area contributed by atoms with Crippen molar-refractivity contribution in [1.82, 2.24) is 10.3 Å². The Bertz CT molecular complexity index is 538. The monoisotopic (exact) mass is 259 g/mol. The molecule has 2 saturated heterocycles. The Labute approximate surface area is 111 Å². The van der Waals surface area contributed by atoms with E-state index >= 15 is 0 Å². The summed E-state index contributed by atoms with van der Waals surface area (Å²) >= 11 is 0. The molecule has 4 heterocycles. The van der Waals surface area contributed by atoms with Gasteiger partial charge in [0.2, 0.25) is 0 Å². The van der Waals surface area contributed by atoms with Crippen LogP contribution in [-0.4, -0.2) is 28.1 Å². The molecule has 2 bridgehead atoms. The molecular weight excluding hydrogens is 242 g/mol. The summed E-state index contributed by atoms with van der Waals surface area (Å²) in [5, 5.41) is 12.3. The Morgan fingerprint density at radius 1 is 1.32 bits per heavy atom. The number of nitrogens with one attached hydrogen (secondary N) is 1. The molecule has 5 nitrogen and oxygen atoms in total. The molecule has 0 aliphatic carbocycles. The summed E-state index contributed by atoms with van der Waals surface area (Å²) in [4.78, 5) is 18.8. The third kappa shape index (κ3) is 1.51. The Morgan fingerprint density at radius 2 is 2.00 bits per heavy atom. The van der Waals surface area contributed by atoms with Crippen LogP contribution in [0.4, 0.5) is 5.82 Å². The van der Waals surface area contributed by atoms with Gasteiger partial charge in [-0.3, -0.25) is 4.79 Å². The Kier molecular flexibility index (Phi) is 2.33. The molecular formula is C14H17N3O2. The number of rotatable bonds is 2. The van der Waals surface area contributed by atoms with Crippen molar-refractivity contribution >= 4 is 11.7 Å². The number of aliphatic hydroxyl groups is 1. The van der Waals surface area contributed by atoms with Crippen molar-refractivity contribution in [2.75, 3.05) is 4.90 Å². The second-order valence-corrected chi connectivity index (χ2v) is 5.66. The molecule has 5 heteroatoms. The molecule has 1 aromatic heterocycles. The van der Waals surface area contributed by atoms with Crippen molar-refractivity contribution < 1.29 is 9.90 Å². The predicted molar refractivity (Wildman–Crippen MR) is 69.9 cm³/mol. The summed E-state index contributed by atoms with van der Waals surface area (Å²) in [6.07, 6.45) is 4.91. The minimum atomic E-state index is -0.103. The van der Waals surface area contributed by atoms with Crippen LogP contribution in [0.2, 0.25) is 0 Å².